The van der Waals surface area contributed by atoms with Crippen LogP contribution in [0.5, 0.6) is 0 Å². The molecule has 0 aliphatic rings. The largest absolute Gasteiger partial charge is 0.350 e. The van der Waals surface area contributed by atoms with Crippen LogP contribution in [0.2, 0.25) is 5.02 Å². The van der Waals surface area contributed by atoms with E-state index in [2.05, 4.69) is 38.9 Å². The van der Waals surface area contributed by atoms with Gasteiger partial charge >= 0.3 is 0 Å². The molecule has 1 N–H and O–H groups in total. The van der Waals surface area contributed by atoms with E-state index in [1.165, 1.54) is 4.88 Å². The van der Waals surface area contributed by atoms with E-state index in [-0.39, 0.29) is 11.9 Å². The topological polar surface area (TPSA) is 32.3 Å². The van der Waals surface area contributed by atoms with Crippen molar-refractivity contribution in [2.24, 2.45) is 0 Å². The summed E-state index contributed by atoms with van der Waals surface area (Å²) in [5.74, 6) is -0.100. The van der Waals surface area contributed by atoms with Crippen molar-refractivity contribution < 1.29 is 4.79 Å². The van der Waals surface area contributed by atoms with Crippen LogP contribution in [0.1, 0.15) is 21.3 Å². The predicted octanol–water partition coefficient (Wildman–Crippen LogP) is 4.04. The van der Waals surface area contributed by atoms with Gasteiger partial charge in [0.15, 0.2) is 0 Å². The SMILES string of the molecule is CN(C)C(CNC(=O)c1ccc(I)c(Cl)c1)c1cccs1. The van der Waals surface area contributed by atoms with Gasteiger partial charge in [0, 0.05) is 20.6 Å². The molecular weight excluding hydrogens is 419 g/mol. The first-order chi connectivity index (χ1) is 9.99. The number of nitrogens with zero attached hydrogens (tertiary/aromatic N) is 1. The molecule has 0 spiro atoms. The second-order valence-electron chi connectivity index (χ2n) is 4.83. The first-order valence-electron chi connectivity index (χ1n) is 6.42. The zero-order valence-corrected chi connectivity index (χ0v) is 15.5. The van der Waals surface area contributed by atoms with Crippen molar-refractivity contribution >= 4 is 51.4 Å². The molecule has 2 rings (SSSR count). The lowest BCUT2D eigenvalue weighted by atomic mass is 10.2. The number of carbonyl (C=O) groups excluding carboxylic acids is 1. The van der Waals surface area contributed by atoms with Gasteiger partial charge < -0.3 is 10.2 Å². The van der Waals surface area contributed by atoms with Gasteiger partial charge in [-0.05, 0) is 66.3 Å². The lowest BCUT2D eigenvalue weighted by molar-refractivity contribution is 0.0942. The molecule has 0 radical (unpaired) electrons. The number of rotatable bonds is 5. The van der Waals surface area contributed by atoms with Gasteiger partial charge in [0.1, 0.15) is 0 Å². The Morgan fingerprint density at radius 3 is 2.76 bits per heavy atom. The maximum atomic E-state index is 12.2. The predicted molar refractivity (Wildman–Crippen MR) is 97.2 cm³/mol. The van der Waals surface area contributed by atoms with Crippen molar-refractivity contribution in [2.75, 3.05) is 20.6 Å². The van der Waals surface area contributed by atoms with Gasteiger partial charge in [-0.2, -0.15) is 0 Å². The number of hydrogen-bond acceptors (Lipinski definition) is 3. The van der Waals surface area contributed by atoms with Gasteiger partial charge in [0.2, 0.25) is 0 Å². The van der Waals surface area contributed by atoms with Crippen molar-refractivity contribution in [2.45, 2.75) is 6.04 Å². The van der Waals surface area contributed by atoms with E-state index in [4.69, 9.17) is 11.6 Å². The Balaban J connectivity index is 2.03. The molecule has 2 aromatic rings. The lowest BCUT2D eigenvalue weighted by Gasteiger charge is -2.23. The van der Waals surface area contributed by atoms with Gasteiger partial charge in [-0.1, -0.05) is 17.7 Å². The molecule has 0 saturated heterocycles. The molecule has 0 aliphatic carbocycles. The molecular formula is C15H16ClIN2OS. The highest BCUT2D eigenvalue weighted by Crippen LogP contribution is 2.23. The fourth-order valence-corrected chi connectivity index (χ4v) is 3.39. The van der Waals surface area contributed by atoms with E-state index in [9.17, 15) is 4.79 Å². The standard InChI is InChI=1S/C15H16ClIN2OS/c1-19(2)13(14-4-3-7-21-14)9-18-15(20)10-5-6-12(17)11(16)8-10/h3-8,13H,9H2,1-2H3,(H,18,20). The molecule has 1 atom stereocenters. The summed E-state index contributed by atoms with van der Waals surface area (Å²) in [6.45, 7) is 0.565. The third-order valence-corrected chi connectivity index (χ3v) is 5.68. The van der Waals surface area contributed by atoms with Crippen molar-refractivity contribution in [1.29, 1.82) is 0 Å². The molecule has 0 bridgehead atoms. The van der Waals surface area contributed by atoms with Crippen LogP contribution >= 0.6 is 45.5 Å². The van der Waals surface area contributed by atoms with Gasteiger partial charge in [0.25, 0.3) is 5.91 Å². The van der Waals surface area contributed by atoms with Crippen LogP contribution in [0, 0.1) is 3.57 Å². The van der Waals surface area contributed by atoms with Crippen molar-refractivity contribution in [3.05, 3.63) is 54.7 Å². The minimum absolute atomic E-state index is 0.100. The first kappa shape index (κ1) is 16.7. The fraction of sp³-hybridized carbons (Fsp3) is 0.267. The molecule has 0 fully saturated rings. The van der Waals surface area contributed by atoms with E-state index in [0.29, 0.717) is 17.1 Å². The average molecular weight is 435 g/mol. The Bertz CT molecular complexity index is 616. The Morgan fingerprint density at radius 1 is 1.43 bits per heavy atom. The third kappa shape index (κ3) is 4.42. The highest BCUT2D eigenvalue weighted by molar-refractivity contribution is 14.1. The maximum absolute atomic E-state index is 12.2. The van der Waals surface area contributed by atoms with Crippen LogP contribution in [0.3, 0.4) is 0 Å². The summed E-state index contributed by atoms with van der Waals surface area (Å²) >= 11 is 9.90. The Labute approximate surface area is 147 Å². The van der Waals surface area contributed by atoms with Crippen molar-refractivity contribution in [1.82, 2.24) is 10.2 Å². The van der Waals surface area contributed by atoms with Gasteiger partial charge in [-0.3, -0.25) is 4.79 Å². The monoisotopic (exact) mass is 434 g/mol. The number of halogens is 2. The van der Waals surface area contributed by atoms with Crippen molar-refractivity contribution in [3.63, 3.8) is 0 Å². The Morgan fingerprint density at radius 2 is 2.19 bits per heavy atom. The molecule has 1 heterocycles. The maximum Gasteiger partial charge on any atom is 0.251 e. The third-order valence-electron chi connectivity index (χ3n) is 3.13. The number of carbonyl (C=O) groups is 1. The molecule has 1 aromatic carbocycles. The summed E-state index contributed by atoms with van der Waals surface area (Å²) in [5, 5.41) is 5.63. The quantitative estimate of drug-likeness (QED) is 0.721. The molecule has 6 heteroatoms. The first-order valence-corrected chi connectivity index (χ1v) is 8.75. The Hall–Kier alpha value is -0.630. The minimum atomic E-state index is -0.100. The second-order valence-corrected chi connectivity index (χ2v) is 7.38. The number of hydrogen-bond donors (Lipinski definition) is 1. The molecule has 3 nitrogen and oxygen atoms in total. The van der Waals surface area contributed by atoms with Crippen molar-refractivity contribution in [3.8, 4) is 0 Å². The number of benzene rings is 1. The molecule has 0 saturated carbocycles. The minimum Gasteiger partial charge on any atom is -0.350 e. The van der Waals surface area contributed by atoms with Crippen LogP contribution in [0.25, 0.3) is 0 Å². The Kier molecular flexibility index (Phi) is 6.04. The zero-order chi connectivity index (χ0) is 15.4. The van der Waals surface area contributed by atoms with Gasteiger partial charge in [0.05, 0.1) is 11.1 Å². The molecule has 1 amide bonds. The van der Waals surface area contributed by atoms with Crippen LogP contribution in [-0.2, 0) is 0 Å². The number of nitrogens with one attached hydrogen (secondary N) is 1. The van der Waals surface area contributed by atoms with Crippen LogP contribution in [-0.4, -0.2) is 31.4 Å². The number of likely N-dealkylation sites (N-methyl/N-ethyl adjacent to an activating group) is 1. The normalized spacial score (nSPS) is 12.4. The second kappa shape index (κ2) is 7.58. The molecule has 1 aromatic heterocycles. The summed E-state index contributed by atoms with van der Waals surface area (Å²) in [6.07, 6.45) is 0. The van der Waals surface area contributed by atoms with Gasteiger partial charge in [-0.15, -0.1) is 11.3 Å². The molecule has 112 valence electrons. The smallest absolute Gasteiger partial charge is 0.251 e. The van der Waals surface area contributed by atoms with E-state index in [0.717, 1.165) is 3.57 Å². The summed E-state index contributed by atoms with van der Waals surface area (Å²) < 4.78 is 0.940. The average Bonchev–Trinajstić information content (AvgIpc) is 2.95. The molecule has 0 aliphatic heterocycles. The van der Waals surface area contributed by atoms with E-state index in [1.54, 1.807) is 23.5 Å². The number of amides is 1. The molecule has 21 heavy (non-hydrogen) atoms. The summed E-state index contributed by atoms with van der Waals surface area (Å²) in [7, 11) is 4.02. The summed E-state index contributed by atoms with van der Waals surface area (Å²) in [4.78, 5) is 15.6. The fourth-order valence-electron chi connectivity index (χ4n) is 1.95. The van der Waals surface area contributed by atoms with Crippen LogP contribution < -0.4 is 5.32 Å². The summed E-state index contributed by atoms with van der Waals surface area (Å²) in [6, 6.07) is 9.63. The van der Waals surface area contributed by atoms with E-state index >= 15 is 0 Å². The van der Waals surface area contributed by atoms with E-state index < -0.39 is 0 Å². The van der Waals surface area contributed by atoms with Crippen LogP contribution in [0.15, 0.2) is 35.7 Å². The molecule has 1 unspecified atom stereocenters. The van der Waals surface area contributed by atoms with Gasteiger partial charge in [-0.25, -0.2) is 0 Å². The highest BCUT2D eigenvalue weighted by Gasteiger charge is 2.17. The zero-order valence-electron chi connectivity index (χ0n) is 11.8. The summed E-state index contributed by atoms with van der Waals surface area (Å²) in [5.41, 5.74) is 0.587. The lowest BCUT2D eigenvalue weighted by Crippen LogP contribution is -2.34. The van der Waals surface area contributed by atoms with Crippen LogP contribution in [0.4, 0.5) is 0 Å². The number of thiophene rings is 1. The highest BCUT2D eigenvalue weighted by atomic mass is 127. The van der Waals surface area contributed by atoms with E-state index in [1.807, 2.05) is 31.6 Å².